The van der Waals surface area contributed by atoms with E-state index >= 15 is 0 Å². The van der Waals surface area contributed by atoms with Gasteiger partial charge in [0.2, 0.25) is 5.91 Å². The number of nitrogens with one attached hydrogen (secondary N) is 1. The monoisotopic (exact) mass is 264 g/mol. The number of carbonyl (C=O) groups excluding carboxylic acids is 1. The first kappa shape index (κ1) is 15.7. The summed E-state index contributed by atoms with van der Waals surface area (Å²) < 4.78 is 0. The Bertz CT molecular complexity index is 403. The molecule has 4 N–H and O–H groups in total. The molecule has 1 aromatic rings. The van der Waals surface area contributed by atoms with Crippen molar-refractivity contribution in [2.45, 2.75) is 39.3 Å². The van der Waals surface area contributed by atoms with Crippen molar-refractivity contribution in [3.63, 3.8) is 0 Å². The van der Waals surface area contributed by atoms with Crippen LogP contribution in [-0.2, 0) is 6.54 Å². The highest BCUT2D eigenvalue weighted by molar-refractivity contribution is 5.92. The average molecular weight is 264 g/mol. The lowest BCUT2D eigenvalue weighted by molar-refractivity contribution is 0.0996. The Morgan fingerprint density at radius 1 is 1.37 bits per heavy atom. The lowest BCUT2D eigenvalue weighted by Gasteiger charge is -2.20. The number of aliphatic hydroxyl groups is 1. The minimum atomic E-state index is -0.418. The molecule has 0 radical (unpaired) electrons. The fourth-order valence-corrected chi connectivity index (χ4v) is 2.20. The second-order valence-corrected chi connectivity index (χ2v) is 4.84. The molecule has 4 nitrogen and oxygen atoms in total. The van der Waals surface area contributed by atoms with Crippen LogP contribution in [0.5, 0.6) is 0 Å². The zero-order chi connectivity index (χ0) is 14.3. The molecule has 19 heavy (non-hydrogen) atoms. The fourth-order valence-electron chi connectivity index (χ4n) is 2.20. The van der Waals surface area contributed by atoms with Crippen LogP contribution < -0.4 is 11.1 Å². The van der Waals surface area contributed by atoms with E-state index in [2.05, 4.69) is 19.2 Å². The Kier molecular flexibility index (Phi) is 6.53. The summed E-state index contributed by atoms with van der Waals surface area (Å²) in [4.78, 5) is 11.1. The lowest BCUT2D eigenvalue weighted by Crippen LogP contribution is -2.32. The minimum absolute atomic E-state index is 0.325. The molecule has 0 spiro atoms. The van der Waals surface area contributed by atoms with E-state index in [-0.39, 0.29) is 6.10 Å². The van der Waals surface area contributed by atoms with Gasteiger partial charge in [0, 0.05) is 18.7 Å². The van der Waals surface area contributed by atoms with Crippen LogP contribution in [0, 0.1) is 5.92 Å². The topological polar surface area (TPSA) is 75.3 Å². The molecular formula is C15H24N2O2. The fraction of sp³-hybridized carbons (Fsp3) is 0.533. The molecule has 1 unspecified atom stereocenters. The first-order valence-electron chi connectivity index (χ1n) is 6.86. The first-order valence-corrected chi connectivity index (χ1v) is 6.86. The van der Waals surface area contributed by atoms with Gasteiger partial charge in [-0.25, -0.2) is 0 Å². The van der Waals surface area contributed by atoms with Gasteiger partial charge in [0.05, 0.1) is 6.10 Å². The molecule has 1 atom stereocenters. The van der Waals surface area contributed by atoms with Gasteiger partial charge in [0.1, 0.15) is 0 Å². The summed E-state index contributed by atoms with van der Waals surface area (Å²) >= 11 is 0. The standard InChI is InChI=1S/C15H24N2O2/c1-3-12(4-2)14(18)10-17-9-11-6-5-7-13(8-11)15(16)19/h5-8,12,14,17-18H,3-4,9-10H2,1-2H3,(H2,16,19). The number of benzene rings is 1. The molecule has 0 saturated heterocycles. The predicted molar refractivity (Wildman–Crippen MR) is 76.7 cm³/mol. The molecule has 0 heterocycles. The number of rotatable bonds is 8. The number of aliphatic hydroxyl groups excluding tert-OH is 1. The highest BCUT2D eigenvalue weighted by Crippen LogP contribution is 2.12. The van der Waals surface area contributed by atoms with Crippen LogP contribution in [0.3, 0.4) is 0 Å². The van der Waals surface area contributed by atoms with E-state index in [1.807, 2.05) is 12.1 Å². The zero-order valence-electron chi connectivity index (χ0n) is 11.7. The molecule has 1 aromatic carbocycles. The van der Waals surface area contributed by atoms with Gasteiger partial charge in [-0.2, -0.15) is 0 Å². The van der Waals surface area contributed by atoms with Crippen LogP contribution in [-0.4, -0.2) is 23.7 Å². The zero-order valence-corrected chi connectivity index (χ0v) is 11.7. The largest absolute Gasteiger partial charge is 0.392 e. The van der Waals surface area contributed by atoms with Crippen LogP contribution in [0.1, 0.15) is 42.6 Å². The Morgan fingerprint density at radius 2 is 2.05 bits per heavy atom. The van der Waals surface area contributed by atoms with E-state index in [1.54, 1.807) is 12.1 Å². The molecule has 0 aliphatic heterocycles. The summed E-state index contributed by atoms with van der Waals surface area (Å²) in [6, 6.07) is 7.22. The number of primary amides is 1. The van der Waals surface area contributed by atoms with Crippen molar-refractivity contribution >= 4 is 5.91 Å². The number of nitrogens with two attached hydrogens (primary N) is 1. The smallest absolute Gasteiger partial charge is 0.248 e. The highest BCUT2D eigenvalue weighted by atomic mass is 16.3. The van der Waals surface area contributed by atoms with Gasteiger partial charge in [0.15, 0.2) is 0 Å². The van der Waals surface area contributed by atoms with Crippen LogP contribution >= 0.6 is 0 Å². The van der Waals surface area contributed by atoms with E-state index in [0.717, 1.165) is 18.4 Å². The third-order valence-corrected chi connectivity index (χ3v) is 3.49. The van der Waals surface area contributed by atoms with Gasteiger partial charge in [-0.3, -0.25) is 4.79 Å². The third-order valence-electron chi connectivity index (χ3n) is 3.49. The van der Waals surface area contributed by atoms with E-state index in [0.29, 0.717) is 24.6 Å². The van der Waals surface area contributed by atoms with E-state index < -0.39 is 5.91 Å². The van der Waals surface area contributed by atoms with Crippen LogP contribution in [0.4, 0.5) is 0 Å². The van der Waals surface area contributed by atoms with Gasteiger partial charge in [-0.15, -0.1) is 0 Å². The molecule has 106 valence electrons. The summed E-state index contributed by atoms with van der Waals surface area (Å²) in [7, 11) is 0. The van der Waals surface area contributed by atoms with Crippen molar-refractivity contribution in [3.8, 4) is 0 Å². The summed E-state index contributed by atoms with van der Waals surface area (Å²) in [6.07, 6.45) is 1.64. The first-order chi connectivity index (χ1) is 9.08. The maximum atomic E-state index is 11.1. The van der Waals surface area contributed by atoms with Crippen LogP contribution in [0.2, 0.25) is 0 Å². The van der Waals surface area contributed by atoms with Crippen molar-refractivity contribution in [2.24, 2.45) is 11.7 Å². The normalized spacial score (nSPS) is 12.6. The Balaban J connectivity index is 2.45. The molecule has 0 aliphatic rings. The molecule has 0 bridgehead atoms. The molecular weight excluding hydrogens is 240 g/mol. The molecule has 0 fully saturated rings. The maximum Gasteiger partial charge on any atom is 0.248 e. The molecule has 1 rings (SSSR count). The van der Waals surface area contributed by atoms with Crippen molar-refractivity contribution in [2.75, 3.05) is 6.54 Å². The SMILES string of the molecule is CCC(CC)C(O)CNCc1cccc(C(N)=O)c1. The second kappa shape index (κ2) is 7.92. The van der Waals surface area contributed by atoms with Gasteiger partial charge < -0.3 is 16.2 Å². The third kappa shape index (κ3) is 5.01. The quantitative estimate of drug-likeness (QED) is 0.668. The van der Waals surface area contributed by atoms with Crippen molar-refractivity contribution in [1.29, 1.82) is 0 Å². The van der Waals surface area contributed by atoms with Gasteiger partial charge in [0.25, 0.3) is 0 Å². The maximum absolute atomic E-state index is 11.1. The van der Waals surface area contributed by atoms with Crippen molar-refractivity contribution in [3.05, 3.63) is 35.4 Å². The molecule has 0 saturated carbocycles. The Morgan fingerprint density at radius 3 is 2.63 bits per heavy atom. The Hall–Kier alpha value is -1.39. The number of carbonyl (C=O) groups is 1. The van der Waals surface area contributed by atoms with Gasteiger partial charge in [-0.1, -0.05) is 38.8 Å². The van der Waals surface area contributed by atoms with E-state index in [9.17, 15) is 9.90 Å². The van der Waals surface area contributed by atoms with Crippen LogP contribution in [0.15, 0.2) is 24.3 Å². The molecule has 0 aliphatic carbocycles. The van der Waals surface area contributed by atoms with Crippen molar-refractivity contribution < 1.29 is 9.90 Å². The van der Waals surface area contributed by atoms with Crippen molar-refractivity contribution in [1.82, 2.24) is 5.32 Å². The lowest BCUT2D eigenvalue weighted by atomic mass is 9.96. The number of hydrogen-bond donors (Lipinski definition) is 3. The number of amides is 1. The minimum Gasteiger partial charge on any atom is -0.392 e. The summed E-state index contributed by atoms with van der Waals surface area (Å²) in [6.45, 7) is 5.37. The van der Waals surface area contributed by atoms with E-state index in [1.165, 1.54) is 0 Å². The Labute approximate surface area is 115 Å². The van der Waals surface area contributed by atoms with Gasteiger partial charge in [-0.05, 0) is 23.6 Å². The summed E-state index contributed by atoms with van der Waals surface area (Å²) in [5.74, 6) is -0.0802. The van der Waals surface area contributed by atoms with Crippen LogP contribution in [0.25, 0.3) is 0 Å². The summed E-state index contributed by atoms with van der Waals surface area (Å²) in [5.41, 5.74) is 6.74. The molecule has 4 heteroatoms. The second-order valence-electron chi connectivity index (χ2n) is 4.84. The molecule has 0 aromatic heterocycles. The summed E-state index contributed by atoms with van der Waals surface area (Å²) in [5, 5.41) is 13.2. The number of hydrogen-bond acceptors (Lipinski definition) is 3. The van der Waals surface area contributed by atoms with E-state index in [4.69, 9.17) is 5.73 Å². The predicted octanol–water partition coefficient (Wildman–Crippen LogP) is 1.67. The average Bonchev–Trinajstić information content (AvgIpc) is 2.40. The highest BCUT2D eigenvalue weighted by Gasteiger charge is 2.14. The van der Waals surface area contributed by atoms with Gasteiger partial charge >= 0.3 is 0 Å². The molecule has 1 amide bonds.